The predicted octanol–water partition coefficient (Wildman–Crippen LogP) is 6.69. The summed E-state index contributed by atoms with van der Waals surface area (Å²) >= 11 is 0. The van der Waals surface area contributed by atoms with Gasteiger partial charge in [0, 0.05) is 145 Å². The number of nitrogens with zero attached hydrogens (tertiary/aromatic N) is 5. The van der Waals surface area contributed by atoms with Gasteiger partial charge in [-0.05, 0) is 202 Å². The smallest absolute Gasteiger partial charge is 0.326 e. The van der Waals surface area contributed by atoms with Gasteiger partial charge < -0.3 is 86.9 Å². The second kappa shape index (κ2) is 44.8. The van der Waals surface area contributed by atoms with E-state index in [-0.39, 0.29) is 156 Å². The van der Waals surface area contributed by atoms with Crippen molar-refractivity contribution in [2.45, 2.75) is 193 Å². The van der Waals surface area contributed by atoms with Crippen molar-refractivity contribution in [2.75, 3.05) is 110 Å². The molecule has 3 heterocycles. The number of aliphatic carboxylic acids is 5. The van der Waals surface area contributed by atoms with Gasteiger partial charge in [-0.3, -0.25) is 53.1 Å². The zero-order chi connectivity index (χ0) is 87.5. The molecule has 0 fully saturated rings. The van der Waals surface area contributed by atoms with Crippen LogP contribution in [0.15, 0.2) is 89.9 Å². The van der Waals surface area contributed by atoms with Crippen LogP contribution in [-0.2, 0) is 96.8 Å². The van der Waals surface area contributed by atoms with E-state index in [1.807, 2.05) is 18.2 Å². The number of nitrogens with one attached hydrogen (secondary N) is 6. The van der Waals surface area contributed by atoms with Gasteiger partial charge >= 0.3 is 35.9 Å². The average molecular weight is 1670 g/mol. The maximum Gasteiger partial charge on any atom is 0.326 e. The summed E-state index contributed by atoms with van der Waals surface area (Å²) in [5.41, 5.74) is 14.4. The Hall–Kier alpha value is -11.3. The maximum absolute atomic E-state index is 14.8. The largest absolute Gasteiger partial charge is 0.508 e. The Kier molecular flexibility index (Phi) is 34.7. The van der Waals surface area contributed by atoms with Crippen LogP contribution >= 0.6 is 0 Å². The van der Waals surface area contributed by atoms with Crippen molar-refractivity contribution in [3.8, 4) is 11.5 Å². The number of carbonyl (C=O) groups excluding carboxylic acids is 6. The number of allylic oxidation sites excluding steroid dienone is 1. The molecule has 0 bridgehead atoms. The Morgan fingerprint density at radius 3 is 1.65 bits per heavy atom. The molecule has 7 amide bonds. The van der Waals surface area contributed by atoms with Crippen LogP contribution in [0.4, 0.5) is 10.5 Å². The minimum absolute atomic E-state index is 0.0175. The topological polar surface area (TPSA) is 445 Å². The first kappa shape index (κ1) is 93.6. The molecule has 13 N–H and O–H groups in total. The lowest BCUT2D eigenvalue weighted by Crippen LogP contribution is -2.51. The number of aromatic hydroxyl groups is 2. The van der Waals surface area contributed by atoms with Crippen LogP contribution < -0.4 is 47.4 Å². The number of hydrogen-bond donors (Lipinski definition) is 13. The predicted molar refractivity (Wildman–Crippen MR) is 453 cm³/mol. The lowest BCUT2D eigenvalue weighted by molar-refractivity contribution is -0.141. The van der Waals surface area contributed by atoms with Crippen LogP contribution in [0, 0.1) is 0 Å². The number of fused-ring (bicyclic) bond motifs is 4. The normalized spacial score (nSPS) is 14.5. The lowest BCUT2D eigenvalue weighted by Gasteiger charge is -2.44. The van der Waals surface area contributed by atoms with E-state index in [9.17, 15) is 83.4 Å². The molecular weight excluding hydrogens is 1560 g/mol. The van der Waals surface area contributed by atoms with E-state index in [0.29, 0.717) is 92.3 Å². The van der Waals surface area contributed by atoms with Crippen molar-refractivity contribution in [3.63, 3.8) is 0 Å². The molecule has 3 aliphatic heterocycles. The first-order valence-electron chi connectivity index (χ1n) is 42.0. The number of aryl methyl sites for hydroxylation is 3. The number of unbranched alkanes of at least 4 members (excludes halogenated alkanes) is 3. The number of carboxylic acids is 5. The standard InChI is InChI=1S/C90H119N11O20/c1-57-52-89(2,3)97-72-51-69-67(50-66(57)72)82(68-49-60-17-14-39-101-40-15-20-65(84(60)101)83(68)90(69,4)5)63-18-9-10-19-64(63)85(114)98(6)38-16-23-76(105)93-36-43-120-45-46-121-44-37-94-78(107)32-27-59-25-30-74(103)62(48-59)54-100(56-81(112)113)42-41-99(55-80(110)111)53-61-47-58(24-29-73(61)102)26-31-77(106)92-34-12-7-8-22-75(104)91-35-13-11-21-70(86(115)116)95-88(119)96-71(87(117)118)28-33-79(108)109/h9-10,18-19,24-25,29-30,47-52,70-71,102-103H,7-8,11-17,20-23,26-28,31-46,53-56H2,1-6H3,(H,91,104)(H,92,106)(H,93,105)(H,94,107)(H,108,109)(H,110,111)(H,112,113)(H,115,116)(H,117,118)(H2,95,96,119). The fourth-order valence-corrected chi connectivity index (χ4v) is 16.5. The number of benzene rings is 5. The minimum atomic E-state index is -1.53. The highest BCUT2D eigenvalue weighted by atomic mass is 16.5. The number of urea groups is 1. The minimum Gasteiger partial charge on any atom is -0.508 e. The van der Waals surface area contributed by atoms with E-state index in [0.717, 1.165) is 66.0 Å². The molecule has 31 nitrogen and oxygen atoms in total. The van der Waals surface area contributed by atoms with E-state index in [1.54, 1.807) is 36.2 Å². The monoisotopic (exact) mass is 1670 g/mol. The summed E-state index contributed by atoms with van der Waals surface area (Å²) in [4.78, 5) is 149. The maximum atomic E-state index is 14.8. The summed E-state index contributed by atoms with van der Waals surface area (Å²) in [5, 5.41) is 86.9. The molecule has 0 spiro atoms. The molecular formula is C90H119N11O20. The van der Waals surface area contributed by atoms with Gasteiger partial charge in [-0.1, -0.05) is 68.8 Å². The number of rotatable bonds is 50. The van der Waals surface area contributed by atoms with Crippen LogP contribution in [0.1, 0.15) is 202 Å². The number of anilines is 1. The van der Waals surface area contributed by atoms with Crippen molar-refractivity contribution in [2.24, 2.45) is 4.99 Å². The fourth-order valence-electron chi connectivity index (χ4n) is 16.5. The van der Waals surface area contributed by atoms with E-state index < -0.39 is 73.9 Å². The molecule has 31 heteroatoms. The number of phenolic OH excluding ortho intramolecular Hbond substituents is 2. The van der Waals surface area contributed by atoms with Gasteiger partial charge in [0.05, 0.1) is 50.4 Å². The summed E-state index contributed by atoms with van der Waals surface area (Å²) in [5.74, 6) is -7.59. The first-order chi connectivity index (χ1) is 57.7. The summed E-state index contributed by atoms with van der Waals surface area (Å²) < 4.78 is 11.4. The Bertz CT molecular complexity index is 4750. The highest BCUT2D eigenvalue weighted by molar-refractivity contribution is 6.02. The third-order valence-corrected chi connectivity index (χ3v) is 22.4. The van der Waals surface area contributed by atoms with Crippen LogP contribution in [0.2, 0.25) is 0 Å². The molecule has 2 unspecified atom stereocenters. The van der Waals surface area contributed by atoms with Crippen molar-refractivity contribution >= 4 is 82.2 Å². The molecule has 4 aliphatic rings. The van der Waals surface area contributed by atoms with E-state index in [2.05, 4.69) is 102 Å². The second-order valence-electron chi connectivity index (χ2n) is 32.8. The van der Waals surface area contributed by atoms with Crippen LogP contribution in [0.25, 0.3) is 11.1 Å². The molecule has 654 valence electrons. The molecule has 121 heavy (non-hydrogen) atoms. The van der Waals surface area contributed by atoms with Crippen molar-refractivity contribution in [1.82, 2.24) is 46.6 Å². The Balaban J connectivity index is 0.632. The number of ether oxygens (including phenoxy) is 2. The molecule has 0 aromatic heterocycles. The third kappa shape index (κ3) is 27.6. The quantitative estimate of drug-likeness (QED) is 0.0180. The van der Waals surface area contributed by atoms with Crippen LogP contribution in [-0.4, -0.2) is 239 Å². The molecule has 5 aromatic carbocycles. The fraction of sp³-hybridized carbons (Fsp3) is 0.511. The Morgan fingerprint density at radius 1 is 0.545 bits per heavy atom. The molecule has 5 aromatic rings. The van der Waals surface area contributed by atoms with Gasteiger partial charge in [-0.2, -0.15) is 0 Å². The van der Waals surface area contributed by atoms with E-state index in [1.165, 1.54) is 61.0 Å². The molecule has 2 atom stereocenters. The molecule has 0 saturated heterocycles. The highest BCUT2D eigenvalue weighted by Gasteiger charge is 2.41. The number of carbonyl (C=O) groups is 11. The van der Waals surface area contributed by atoms with Gasteiger partial charge in [-0.25, -0.2) is 14.4 Å². The van der Waals surface area contributed by atoms with Gasteiger partial charge in [0.25, 0.3) is 5.91 Å². The summed E-state index contributed by atoms with van der Waals surface area (Å²) in [7, 11) is 1.80. The molecule has 9 rings (SSSR count). The molecule has 0 saturated carbocycles. The highest BCUT2D eigenvalue weighted by Crippen LogP contribution is 2.49. The van der Waals surface area contributed by atoms with Gasteiger partial charge in [0.15, 0.2) is 0 Å². The number of amides is 7. The zero-order valence-electron chi connectivity index (χ0n) is 70.4. The number of hydrogen-bond acceptors (Lipinski definition) is 19. The number of phenols is 2. The van der Waals surface area contributed by atoms with Gasteiger partial charge in [0.2, 0.25) is 23.6 Å². The second-order valence-corrected chi connectivity index (χ2v) is 32.8. The van der Waals surface area contributed by atoms with Crippen LogP contribution in [0.5, 0.6) is 11.5 Å². The molecule has 0 radical (unpaired) electrons. The SMILES string of the molecule is CC1=CC(C)(C)N=c2cc3c(cc21)=C(c1ccccc1C(=O)N(C)CCCC(=O)NCCOCCOCCNC(=O)CCc1ccc(O)c(CN(CCN(CC(=O)O)Cc2cc(CCC(=O)NCCCCCC(=O)NCCCCC(NC(=O)NC(CCC(=O)O)C(=O)O)C(=O)O)ccc2O)CC(=O)O)c1)c1cc2c4c(c1C3(C)C)CCCN4CCC2. The Labute approximate surface area is 705 Å². The summed E-state index contributed by atoms with van der Waals surface area (Å²) in [6.07, 6.45) is 9.67. The average Bonchev–Trinajstić information content (AvgIpc) is 0.694. The summed E-state index contributed by atoms with van der Waals surface area (Å²) in [6, 6.07) is 20.7. The van der Waals surface area contributed by atoms with Gasteiger partial charge in [-0.15, -0.1) is 0 Å². The van der Waals surface area contributed by atoms with Gasteiger partial charge in [0.1, 0.15) is 23.6 Å². The Morgan fingerprint density at radius 2 is 1.08 bits per heavy atom. The van der Waals surface area contributed by atoms with Crippen LogP contribution in [0.3, 0.4) is 0 Å². The van der Waals surface area contributed by atoms with E-state index in [4.69, 9.17) is 19.6 Å². The molecule has 1 aliphatic carbocycles. The van der Waals surface area contributed by atoms with E-state index >= 15 is 0 Å². The third-order valence-electron chi connectivity index (χ3n) is 22.4. The lowest BCUT2D eigenvalue weighted by atomic mass is 9.64. The van der Waals surface area contributed by atoms with Crippen molar-refractivity contribution in [1.29, 1.82) is 0 Å². The van der Waals surface area contributed by atoms with Crippen molar-refractivity contribution in [3.05, 3.63) is 162 Å². The zero-order valence-corrected chi connectivity index (χ0v) is 70.4. The summed E-state index contributed by atoms with van der Waals surface area (Å²) in [6.45, 7) is 14.9. The first-order valence-corrected chi connectivity index (χ1v) is 42.0. The number of carboxylic acid groups (broad SMARTS) is 5. The van der Waals surface area contributed by atoms with Crippen molar-refractivity contribution < 1.29 is 98.0 Å².